The van der Waals surface area contributed by atoms with Gasteiger partial charge in [0.1, 0.15) is 5.76 Å². The molecule has 0 bridgehead atoms. The average molecular weight is 168 g/mol. The number of rotatable bonds is 3. The number of Topliss-reactive ketones (excluding diaryl/α,β-unsaturated/α-hetero) is 1. The van der Waals surface area contributed by atoms with Crippen molar-refractivity contribution in [3.05, 3.63) is 17.5 Å². The van der Waals surface area contributed by atoms with Crippen LogP contribution in [0.1, 0.15) is 30.1 Å². The standard InChI is InChI=1S/C8H12N2O2/c1-3-6-4-7(10-12-6)8(11)5(2)9/h4-5H,3,9H2,1-2H3. The van der Waals surface area contributed by atoms with E-state index in [0.717, 1.165) is 6.42 Å². The van der Waals surface area contributed by atoms with E-state index in [4.69, 9.17) is 10.3 Å². The Morgan fingerprint density at radius 2 is 2.50 bits per heavy atom. The summed E-state index contributed by atoms with van der Waals surface area (Å²) in [6.45, 7) is 3.56. The Kier molecular flexibility index (Phi) is 2.60. The zero-order valence-corrected chi connectivity index (χ0v) is 7.20. The maximum absolute atomic E-state index is 11.2. The highest BCUT2D eigenvalue weighted by atomic mass is 16.5. The van der Waals surface area contributed by atoms with Gasteiger partial charge in [-0.2, -0.15) is 0 Å². The van der Waals surface area contributed by atoms with Crippen LogP contribution >= 0.6 is 0 Å². The van der Waals surface area contributed by atoms with Crippen LogP contribution in [0.5, 0.6) is 0 Å². The zero-order valence-electron chi connectivity index (χ0n) is 7.20. The summed E-state index contributed by atoms with van der Waals surface area (Å²) in [7, 11) is 0. The molecule has 0 aliphatic carbocycles. The van der Waals surface area contributed by atoms with Crippen molar-refractivity contribution in [2.75, 3.05) is 0 Å². The van der Waals surface area contributed by atoms with Crippen molar-refractivity contribution in [3.8, 4) is 0 Å². The molecule has 1 unspecified atom stereocenters. The van der Waals surface area contributed by atoms with Gasteiger partial charge in [-0.15, -0.1) is 0 Å². The van der Waals surface area contributed by atoms with Gasteiger partial charge in [-0.3, -0.25) is 4.79 Å². The van der Waals surface area contributed by atoms with E-state index in [0.29, 0.717) is 11.5 Å². The highest BCUT2D eigenvalue weighted by Gasteiger charge is 2.15. The van der Waals surface area contributed by atoms with E-state index in [1.54, 1.807) is 13.0 Å². The van der Waals surface area contributed by atoms with Crippen LogP contribution in [0.2, 0.25) is 0 Å². The number of ketones is 1. The van der Waals surface area contributed by atoms with E-state index in [1.165, 1.54) is 0 Å². The SMILES string of the molecule is CCc1cc(C(=O)C(C)N)no1. The van der Waals surface area contributed by atoms with Crippen molar-refractivity contribution in [2.24, 2.45) is 5.73 Å². The number of hydrogen-bond acceptors (Lipinski definition) is 4. The van der Waals surface area contributed by atoms with E-state index in [2.05, 4.69) is 5.16 Å². The number of aryl methyl sites for hydroxylation is 1. The van der Waals surface area contributed by atoms with Crippen LogP contribution in [0.25, 0.3) is 0 Å². The third-order valence-corrected chi connectivity index (χ3v) is 1.57. The molecule has 0 saturated carbocycles. The fourth-order valence-electron chi connectivity index (χ4n) is 0.829. The highest BCUT2D eigenvalue weighted by molar-refractivity contribution is 5.97. The van der Waals surface area contributed by atoms with Gasteiger partial charge in [0.25, 0.3) is 0 Å². The number of nitrogens with two attached hydrogens (primary N) is 1. The maximum atomic E-state index is 11.2. The molecule has 1 heterocycles. The lowest BCUT2D eigenvalue weighted by atomic mass is 10.1. The molecule has 0 amide bonds. The first-order valence-electron chi connectivity index (χ1n) is 3.90. The Balaban J connectivity index is 2.82. The van der Waals surface area contributed by atoms with Crippen LogP contribution in [-0.2, 0) is 6.42 Å². The van der Waals surface area contributed by atoms with Crippen molar-refractivity contribution in [2.45, 2.75) is 26.3 Å². The van der Waals surface area contributed by atoms with Gasteiger partial charge in [-0.1, -0.05) is 12.1 Å². The largest absolute Gasteiger partial charge is 0.361 e. The maximum Gasteiger partial charge on any atom is 0.201 e. The molecule has 66 valence electrons. The van der Waals surface area contributed by atoms with Gasteiger partial charge in [0.2, 0.25) is 5.78 Å². The van der Waals surface area contributed by atoms with Crippen molar-refractivity contribution in [1.82, 2.24) is 5.16 Å². The first-order chi connectivity index (χ1) is 5.65. The van der Waals surface area contributed by atoms with Gasteiger partial charge in [0, 0.05) is 12.5 Å². The Labute approximate surface area is 70.7 Å². The quantitative estimate of drug-likeness (QED) is 0.677. The predicted octanol–water partition coefficient (Wildman–Crippen LogP) is 0.767. The number of carbonyl (C=O) groups excluding carboxylic acids is 1. The van der Waals surface area contributed by atoms with Crippen molar-refractivity contribution < 1.29 is 9.32 Å². The molecule has 1 aromatic heterocycles. The molecule has 0 radical (unpaired) electrons. The lowest BCUT2D eigenvalue weighted by Gasteiger charge is -1.97. The monoisotopic (exact) mass is 168 g/mol. The molecule has 12 heavy (non-hydrogen) atoms. The third-order valence-electron chi connectivity index (χ3n) is 1.57. The molecule has 4 heteroatoms. The summed E-state index contributed by atoms with van der Waals surface area (Å²) in [5.41, 5.74) is 5.71. The Morgan fingerprint density at radius 3 is 2.92 bits per heavy atom. The fraction of sp³-hybridized carbons (Fsp3) is 0.500. The second-order valence-electron chi connectivity index (χ2n) is 2.68. The molecule has 4 nitrogen and oxygen atoms in total. The molecule has 1 rings (SSSR count). The second kappa shape index (κ2) is 3.49. The van der Waals surface area contributed by atoms with Crippen molar-refractivity contribution >= 4 is 5.78 Å². The van der Waals surface area contributed by atoms with E-state index in [-0.39, 0.29) is 5.78 Å². The number of nitrogens with zero attached hydrogens (tertiary/aromatic N) is 1. The summed E-state index contributed by atoms with van der Waals surface area (Å²) in [5.74, 6) is 0.525. The van der Waals surface area contributed by atoms with Gasteiger partial charge in [-0.05, 0) is 6.92 Å². The molecule has 1 aromatic rings. The molecular weight excluding hydrogens is 156 g/mol. The van der Waals surface area contributed by atoms with E-state index in [9.17, 15) is 4.79 Å². The van der Waals surface area contributed by atoms with Crippen LogP contribution in [0.4, 0.5) is 0 Å². The topological polar surface area (TPSA) is 69.1 Å². The minimum absolute atomic E-state index is 0.182. The molecule has 1 atom stereocenters. The molecular formula is C8H12N2O2. The Bertz CT molecular complexity index is 278. The summed E-state index contributed by atoms with van der Waals surface area (Å²) in [5, 5.41) is 3.60. The normalized spacial score (nSPS) is 12.9. The van der Waals surface area contributed by atoms with Crippen molar-refractivity contribution in [3.63, 3.8) is 0 Å². The van der Waals surface area contributed by atoms with E-state index < -0.39 is 6.04 Å². The number of aromatic nitrogens is 1. The first-order valence-corrected chi connectivity index (χ1v) is 3.90. The smallest absolute Gasteiger partial charge is 0.201 e. The summed E-state index contributed by atoms with van der Waals surface area (Å²) in [4.78, 5) is 11.2. The van der Waals surface area contributed by atoms with Gasteiger partial charge in [-0.25, -0.2) is 0 Å². The molecule has 0 aromatic carbocycles. The van der Waals surface area contributed by atoms with E-state index in [1.807, 2.05) is 6.92 Å². The zero-order chi connectivity index (χ0) is 9.14. The second-order valence-corrected chi connectivity index (χ2v) is 2.68. The highest BCUT2D eigenvalue weighted by Crippen LogP contribution is 2.05. The van der Waals surface area contributed by atoms with Gasteiger partial charge in [0.05, 0.1) is 6.04 Å². The molecule has 0 aliphatic heterocycles. The van der Waals surface area contributed by atoms with Crippen LogP contribution in [0.15, 0.2) is 10.6 Å². The molecule has 2 N–H and O–H groups in total. The van der Waals surface area contributed by atoms with Gasteiger partial charge >= 0.3 is 0 Å². The van der Waals surface area contributed by atoms with Gasteiger partial charge < -0.3 is 10.3 Å². The number of carbonyl (C=O) groups is 1. The van der Waals surface area contributed by atoms with Crippen LogP contribution in [-0.4, -0.2) is 17.0 Å². The summed E-state index contributed by atoms with van der Waals surface area (Å²) in [6, 6.07) is 1.12. The van der Waals surface area contributed by atoms with Crippen LogP contribution < -0.4 is 5.73 Å². The third kappa shape index (κ3) is 1.71. The molecule has 0 fully saturated rings. The molecule has 0 saturated heterocycles. The Morgan fingerprint density at radius 1 is 1.83 bits per heavy atom. The van der Waals surface area contributed by atoms with Crippen LogP contribution in [0, 0.1) is 0 Å². The minimum atomic E-state index is -0.514. The molecule has 0 spiro atoms. The summed E-state index contributed by atoms with van der Waals surface area (Å²) in [6.07, 6.45) is 0.735. The lowest BCUT2D eigenvalue weighted by Crippen LogP contribution is -2.26. The van der Waals surface area contributed by atoms with Crippen LogP contribution in [0.3, 0.4) is 0 Å². The van der Waals surface area contributed by atoms with E-state index >= 15 is 0 Å². The summed E-state index contributed by atoms with van der Waals surface area (Å²) >= 11 is 0. The minimum Gasteiger partial charge on any atom is -0.361 e. The predicted molar refractivity (Wildman–Crippen MR) is 43.9 cm³/mol. The van der Waals surface area contributed by atoms with Crippen molar-refractivity contribution in [1.29, 1.82) is 0 Å². The summed E-state index contributed by atoms with van der Waals surface area (Å²) < 4.78 is 4.86. The number of hydrogen-bond donors (Lipinski definition) is 1. The molecule has 0 aliphatic rings. The lowest BCUT2D eigenvalue weighted by molar-refractivity contribution is 0.0959. The fourth-order valence-corrected chi connectivity index (χ4v) is 0.829. The average Bonchev–Trinajstić information content (AvgIpc) is 2.50. The van der Waals surface area contributed by atoms with Gasteiger partial charge in [0.15, 0.2) is 5.69 Å². The first kappa shape index (κ1) is 8.93. The Hall–Kier alpha value is -1.16.